The van der Waals surface area contributed by atoms with E-state index in [1.54, 1.807) is 36.3 Å². The number of methoxy groups -OCH3 is 1. The van der Waals surface area contributed by atoms with E-state index in [1.165, 1.54) is 0 Å². The van der Waals surface area contributed by atoms with Gasteiger partial charge < -0.3 is 15.4 Å². The quantitative estimate of drug-likeness (QED) is 0.625. The second-order valence-corrected chi connectivity index (χ2v) is 3.59. The lowest BCUT2D eigenvalue weighted by atomic mass is 10.1. The number of ether oxygens (including phenoxy) is 1. The van der Waals surface area contributed by atoms with E-state index >= 15 is 0 Å². The van der Waals surface area contributed by atoms with Crippen molar-refractivity contribution in [2.24, 2.45) is 0 Å². The number of hydrogen-bond donors (Lipinski definition) is 1. The number of anilines is 1. The van der Waals surface area contributed by atoms with Crippen molar-refractivity contribution in [3.05, 3.63) is 36.4 Å². The maximum atomic E-state index is 12.1. The molecule has 0 saturated heterocycles. The summed E-state index contributed by atoms with van der Waals surface area (Å²) in [7, 11) is 1.56. The molecule has 0 aliphatic carbocycles. The van der Waals surface area contributed by atoms with E-state index in [4.69, 9.17) is 10.5 Å². The highest BCUT2D eigenvalue weighted by Gasteiger charge is 2.15. The molecule has 17 heavy (non-hydrogen) atoms. The number of benzene rings is 1. The smallest absolute Gasteiger partial charge is 0.256 e. The van der Waals surface area contributed by atoms with Crippen LogP contribution in [0.25, 0.3) is 0 Å². The number of nitrogen functional groups attached to an aromatic ring is 1. The van der Waals surface area contributed by atoms with Gasteiger partial charge in [0.2, 0.25) is 0 Å². The lowest BCUT2D eigenvalue weighted by molar-refractivity contribution is 0.0783. The molecule has 0 spiro atoms. The molecule has 4 nitrogen and oxygen atoms in total. The number of likely N-dealkylation sites (N-methyl/N-ethyl adjacent to an activating group) is 1. The van der Waals surface area contributed by atoms with Gasteiger partial charge in [-0.2, -0.15) is 0 Å². The molecule has 2 N–H and O–H groups in total. The van der Waals surface area contributed by atoms with Crippen molar-refractivity contribution >= 4 is 11.6 Å². The summed E-state index contributed by atoms with van der Waals surface area (Å²) in [6.07, 6.45) is 1.70. The molecule has 0 radical (unpaired) electrons. The van der Waals surface area contributed by atoms with Crippen molar-refractivity contribution in [3.63, 3.8) is 0 Å². The molecular weight excluding hydrogens is 216 g/mol. The summed E-state index contributed by atoms with van der Waals surface area (Å²) >= 11 is 0. The fourth-order valence-corrected chi connectivity index (χ4v) is 1.54. The number of hydrogen-bond acceptors (Lipinski definition) is 3. The summed E-state index contributed by atoms with van der Waals surface area (Å²) < 4.78 is 5.04. The van der Waals surface area contributed by atoms with Crippen LogP contribution < -0.4 is 10.5 Å². The second-order valence-electron chi connectivity index (χ2n) is 3.59. The molecule has 0 saturated carbocycles. The second kappa shape index (κ2) is 5.94. The predicted octanol–water partition coefficient (Wildman–Crippen LogP) is 1.93. The average molecular weight is 234 g/mol. The lowest BCUT2D eigenvalue weighted by Crippen LogP contribution is -2.31. The first-order chi connectivity index (χ1) is 8.13. The van der Waals surface area contributed by atoms with Gasteiger partial charge in [0.1, 0.15) is 5.75 Å². The van der Waals surface area contributed by atoms with Crippen LogP contribution in [0.2, 0.25) is 0 Å². The molecule has 0 aliphatic heterocycles. The molecule has 1 rings (SSSR count). The molecule has 0 aliphatic rings. The zero-order valence-corrected chi connectivity index (χ0v) is 10.3. The third-order valence-corrected chi connectivity index (χ3v) is 2.51. The molecule has 0 bridgehead atoms. The highest BCUT2D eigenvalue weighted by molar-refractivity contribution is 5.99. The van der Waals surface area contributed by atoms with Crippen LogP contribution >= 0.6 is 0 Å². The standard InChI is InChI=1S/C13H18N2O2/c1-4-8-15(5-2)13(16)11-7-6-10(17-3)9-12(11)14/h4,6-7,9H,1,5,8,14H2,2-3H3. The first-order valence-corrected chi connectivity index (χ1v) is 5.47. The average Bonchev–Trinajstić information content (AvgIpc) is 2.35. The Bertz CT molecular complexity index is 416. The van der Waals surface area contributed by atoms with Gasteiger partial charge in [0.15, 0.2) is 0 Å². The molecule has 4 heteroatoms. The van der Waals surface area contributed by atoms with Crippen LogP contribution in [0.15, 0.2) is 30.9 Å². The minimum Gasteiger partial charge on any atom is -0.497 e. The number of rotatable bonds is 5. The summed E-state index contributed by atoms with van der Waals surface area (Å²) in [5.41, 5.74) is 6.76. The maximum Gasteiger partial charge on any atom is 0.256 e. The highest BCUT2D eigenvalue weighted by atomic mass is 16.5. The highest BCUT2D eigenvalue weighted by Crippen LogP contribution is 2.20. The Hall–Kier alpha value is -1.97. The number of carbonyl (C=O) groups is 1. The Labute approximate surface area is 102 Å². The summed E-state index contributed by atoms with van der Waals surface area (Å²) in [5, 5.41) is 0. The van der Waals surface area contributed by atoms with Gasteiger partial charge in [-0.3, -0.25) is 4.79 Å². The Morgan fingerprint density at radius 2 is 2.29 bits per heavy atom. The van der Waals surface area contributed by atoms with E-state index in [0.717, 1.165) is 0 Å². The van der Waals surface area contributed by atoms with Crippen molar-refractivity contribution in [1.82, 2.24) is 4.90 Å². The Morgan fingerprint density at radius 1 is 1.59 bits per heavy atom. The Kier molecular flexibility index (Phi) is 4.57. The summed E-state index contributed by atoms with van der Waals surface area (Å²) in [5.74, 6) is 0.554. The van der Waals surface area contributed by atoms with E-state index in [2.05, 4.69) is 6.58 Å². The van der Waals surface area contributed by atoms with Gasteiger partial charge >= 0.3 is 0 Å². The van der Waals surface area contributed by atoms with Gasteiger partial charge in [0, 0.05) is 24.8 Å². The van der Waals surface area contributed by atoms with Crippen molar-refractivity contribution in [2.45, 2.75) is 6.92 Å². The minimum absolute atomic E-state index is 0.0902. The van der Waals surface area contributed by atoms with Crippen molar-refractivity contribution in [1.29, 1.82) is 0 Å². The minimum atomic E-state index is -0.0902. The fourth-order valence-electron chi connectivity index (χ4n) is 1.54. The van der Waals surface area contributed by atoms with Crippen LogP contribution in [0.5, 0.6) is 5.75 Å². The van der Waals surface area contributed by atoms with Gasteiger partial charge in [-0.15, -0.1) is 6.58 Å². The van der Waals surface area contributed by atoms with Crippen LogP contribution in [0.3, 0.4) is 0 Å². The molecule has 0 atom stereocenters. The molecule has 0 fully saturated rings. The van der Waals surface area contributed by atoms with Gasteiger partial charge in [-0.05, 0) is 19.1 Å². The third-order valence-electron chi connectivity index (χ3n) is 2.51. The van der Waals surface area contributed by atoms with E-state index in [9.17, 15) is 4.79 Å². The van der Waals surface area contributed by atoms with Crippen LogP contribution in [-0.4, -0.2) is 31.0 Å². The van der Waals surface area contributed by atoms with E-state index in [-0.39, 0.29) is 5.91 Å². The largest absolute Gasteiger partial charge is 0.497 e. The third kappa shape index (κ3) is 3.00. The van der Waals surface area contributed by atoms with Crippen LogP contribution in [0.4, 0.5) is 5.69 Å². The molecule has 1 aromatic rings. The summed E-state index contributed by atoms with van der Waals surface area (Å²) in [4.78, 5) is 13.8. The predicted molar refractivity (Wildman–Crippen MR) is 69.2 cm³/mol. The monoisotopic (exact) mass is 234 g/mol. The normalized spacial score (nSPS) is 9.76. The van der Waals surface area contributed by atoms with Gasteiger partial charge in [-0.1, -0.05) is 6.08 Å². The molecule has 0 heterocycles. The SMILES string of the molecule is C=CCN(CC)C(=O)c1ccc(OC)cc1N. The number of amides is 1. The van der Waals surface area contributed by atoms with E-state index < -0.39 is 0 Å². The Balaban J connectivity index is 2.98. The van der Waals surface area contributed by atoms with Gasteiger partial charge in [0.25, 0.3) is 5.91 Å². The zero-order valence-electron chi connectivity index (χ0n) is 10.3. The molecule has 0 unspecified atom stereocenters. The van der Waals surface area contributed by atoms with E-state index in [1.807, 2.05) is 6.92 Å². The molecule has 1 amide bonds. The van der Waals surface area contributed by atoms with Crippen molar-refractivity contribution < 1.29 is 9.53 Å². The molecular formula is C13H18N2O2. The maximum absolute atomic E-state index is 12.1. The summed E-state index contributed by atoms with van der Waals surface area (Å²) in [6.45, 7) is 6.68. The zero-order chi connectivity index (χ0) is 12.8. The van der Waals surface area contributed by atoms with Gasteiger partial charge in [-0.25, -0.2) is 0 Å². The molecule has 0 aromatic heterocycles. The van der Waals surface area contributed by atoms with Crippen molar-refractivity contribution in [3.8, 4) is 5.75 Å². The number of nitrogens with two attached hydrogens (primary N) is 1. The van der Waals surface area contributed by atoms with Crippen molar-refractivity contribution in [2.75, 3.05) is 25.9 Å². The number of nitrogens with zero attached hydrogens (tertiary/aromatic N) is 1. The molecule has 1 aromatic carbocycles. The van der Waals surface area contributed by atoms with Crippen LogP contribution in [0, 0.1) is 0 Å². The van der Waals surface area contributed by atoms with E-state index in [0.29, 0.717) is 30.1 Å². The number of carbonyl (C=O) groups excluding carboxylic acids is 1. The fraction of sp³-hybridized carbons (Fsp3) is 0.308. The lowest BCUT2D eigenvalue weighted by Gasteiger charge is -2.20. The van der Waals surface area contributed by atoms with Crippen LogP contribution in [-0.2, 0) is 0 Å². The van der Waals surface area contributed by atoms with Crippen LogP contribution in [0.1, 0.15) is 17.3 Å². The first-order valence-electron chi connectivity index (χ1n) is 5.47. The first kappa shape index (κ1) is 13.1. The summed E-state index contributed by atoms with van der Waals surface area (Å²) in [6, 6.07) is 5.06. The topological polar surface area (TPSA) is 55.6 Å². The molecule has 92 valence electrons. The Morgan fingerprint density at radius 3 is 2.76 bits per heavy atom. The van der Waals surface area contributed by atoms with Gasteiger partial charge in [0.05, 0.1) is 12.7 Å².